The zero-order valence-corrected chi connectivity index (χ0v) is 10.7. The van der Waals surface area contributed by atoms with E-state index in [4.69, 9.17) is 9.84 Å². The van der Waals surface area contributed by atoms with Gasteiger partial charge in [-0.05, 0) is 22.6 Å². The highest BCUT2D eigenvalue weighted by Gasteiger charge is 2.35. The quantitative estimate of drug-likeness (QED) is 0.538. The first-order valence-electron chi connectivity index (χ1n) is 4.86. The highest BCUT2D eigenvalue weighted by atomic mass is 127. The lowest BCUT2D eigenvalue weighted by molar-refractivity contribution is -0.0508. The number of hydrogen-bond acceptors (Lipinski definition) is 6. The van der Waals surface area contributed by atoms with Crippen LogP contribution in [0.4, 0.5) is 0 Å². The molecule has 0 amide bonds. The lowest BCUT2D eigenvalue weighted by Crippen LogP contribution is -2.36. The maximum Gasteiger partial charge on any atom is 0.347 e. The number of halogens is 1. The molecule has 0 saturated carbocycles. The van der Waals surface area contributed by atoms with Gasteiger partial charge in [0.2, 0.25) is 0 Å². The summed E-state index contributed by atoms with van der Waals surface area (Å²) in [6.07, 6.45) is -2.23. The number of aromatic nitrogens is 3. The predicted octanol–water partition coefficient (Wildman–Crippen LogP) is -1.82. The predicted molar refractivity (Wildman–Crippen MR) is 63.5 cm³/mol. The van der Waals surface area contributed by atoms with Crippen LogP contribution in [0, 0.1) is 3.70 Å². The monoisotopic (exact) mass is 355 g/mol. The number of ether oxygens (including phenoxy) is 1. The van der Waals surface area contributed by atoms with Crippen molar-refractivity contribution in [3.05, 3.63) is 24.5 Å². The summed E-state index contributed by atoms with van der Waals surface area (Å²) in [5.74, 6) is 0. The van der Waals surface area contributed by atoms with E-state index < -0.39 is 29.7 Å². The molecule has 9 heteroatoms. The molecule has 1 aliphatic rings. The van der Waals surface area contributed by atoms with Crippen LogP contribution in [-0.4, -0.2) is 43.8 Å². The highest BCUT2D eigenvalue weighted by Crippen LogP contribution is 2.26. The number of nitrogens with one attached hydrogen (secondary N) is 1. The van der Waals surface area contributed by atoms with E-state index in [1.54, 1.807) is 22.6 Å². The number of aliphatic hydroxyl groups excluding tert-OH is 2. The van der Waals surface area contributed by atoms with Gasteiger partial charge in [0.25, 0.3) is 5.56 Å². The van der Waals surface area contributed by atoms with Gasteiger partial charge < -0.3 is 14.9 Å². The molecule has 0 bridgehead atoms. The van der Waals surface area contributed by atoms with Crippen molar-refractivity contribution in [3.63, 3.8) is 0 Å². The first-order chi connectivity index (χ1) is 8.02. The molecule has 1 aromatic rings. The first kappa shape index (κ1) is 12.7. The first-order valence-corrected chi connectivity index (χ1v) is 5.94. The molecule has 17 heavy (non-hydrogen) atoms. The summed E-state index contributed by atoms with van der Waals surface area (Å²) < 4.78 is 6.32. The number of nitrogens with zero attached hydrogens (tertiary/aromatic N) is 2. The molecule has 0 aliphatic carbocycles. The summed E-state index contributed by atoms with van der Waals surface area (Å²) in [7, 11) is 0. The van der Waals surface area contributed by atoms with E-state index in [-0.39, 0.29) is 16.7 Å². The minimum absolute atomic E-state index is 0.104. The molecule has 94 valence electrons. The van der Waals surface area contributed by atoms with E-state index in [1.807, 2.05) is 0 Å². The Morgan fingerprint density at radius 1 is 1.59 bits per heavy atom. The van der Waals surface area contributed by atoms with Crippen molar-refractivity contribution < 1.29 is 14.9 Å². The Morgan fingerprint density at radius 3 is 2.88 bits per heavy atom. The Bertz CT molecular complexity index is 527. The van der Waals surface area contributed by atoms with E-state index in [9.17, 15) is 14.7 Å². The minimum Gasteiger partial charge on any atom is -0.394 e. The molecule has 3 atom stereocenters. The summed E-state index contributed by atoms with van der Waals surface area (Å²) >= 11 is 1.69. The fraction of sp³-hybridized carbons (Fsp3) is 0.625. The van der Waals surface area contributed by atoms with Crippen LogP contribution in [0.5, 0.6) is 0 Å². The van der Waals surface area contributed by atoms with Crippen molar-refractivity contribution in [1.29, 1.82) is 0 Å². The topological polar surface area (TPSA) is 117 Å². The van der Waals surface area contributed by atoms with Crippen LogP contribution in [0.15, 0.2) is 9.59 Å². The van der Waals surface area contributed by atoms with Crippen LogP contribution in [0.25, 0.3) is 0 Å². The van der Waals surface area contributed by atoms with Gasteiger partial charge in [-0.2, -0.15) is 9.78 Å². The van der Waals surface area contributed by atoms with Gasteiger partial charge in [0.1, 0.15) is 6.10 Å². The van der Waals surface area contributed by atoms with Crippen molar-refractivity contribution in [2.75, 3.05) is 6.61 Å². The molecule has 0 aromatic carbocycles. The molecule has 0 radical (unpaired) electrons. The molecule has 1 aliphatic heterocycles. The SMILES string of the molecule is O=c1[nH]c(=O)n([C@H]2C[C@H](O)[C@@H](CO)O2)nc1I. The number of aliphatic hydroxyl groups is 2. The van der Waals surface area contributed by atoms with Crippen LogP contribution in [-0.2, 0) is 4.74 Å². The van der Waals surface area contributed by atoms with Gasteiger partial charge in [0.15, 0.2) is 9.93 Å². The molecule has 1 aromatic heterocycles. The number of aromatic amines is 1. The van der Waals surface area contributed by atoms with Gasteiger partial charge in [-0.25, -0.2) is 4.79 Å². The maximum atomic E-state index is 11.5. The maximum absolute atomic E-state index is 11.5. The highest BCUT2D eigenvalue weighted by molar-refractivity contribution is 14.1. The standard InChI is InChI=1S/C8H10IN3O5/c9-6-7(15)10-8(16)12(11-6)5-1-3(14)4(2-13)17-5/h3-5,13-14H,1-2H2,(H,10,15,16)/t3-,4+,5+/m0/s1. The molecule has 1 fully saturated rings. The summed E-state index contributed by atoms with van der Waals surface area (Å²) in [4.78, 5) is 24.7. The molecule has 2 heterocycles. The van der Waals surface area contributed by atoms with Crippen LogP contribution in [0.1, 0.15) is 12.6 Å². The largest absolute Gasteiger partial charge is 0.394 e. The van der Waals surface area contributed by atoms with Crippen LogP contribution >= 0.6 is 22.6 Å². The summed E-state index contributed by atoms with van der Waals surface area (Å²) in [5, 5.41) is 22.2. The molecule has 1 saturated heterocycles. The van der Waals surface area contributed by atoms with Gasteiger partial charge in [0, 0.05) is 6.42 Å². The third-order valence-corrected chi connectivity index (χ3v) is 3.17. The average Bonchev–Trinajstić information content (AvgIpc) is 2.65. The van der Waals surface area contributed by atoms with Crippen molar-refractivity contribution in [2.45, 2.75) is 24.9 Å². The van der Waals surface area contributed by atoms with E-state index in [0.717, 1.165) is 4.68 Å². The zero-order valence-electron chi connectivity index (χ0n) is 8.54. The Balaban J connectivity index is 2.34. The van der Waals surface area contributed by atoms with Crippen LogP contribution < -0.4 is 11.2 Å². The Kier molecular flexibility index (Phi) is 3.61. The lowest BCUT2D eigenvalue weighted by Gasteiger charge is -2.12. The Hall–Kier alpha value is -0.780. The van der Waals surface area contributed by atoms with Crippen molar-refractivity contribution >= 4 is 22.6 Å². The van der Waals surface area contributed by atoms with Crippen LogP contribution in [0.3, 0.4) is 0 Å². The van der Waals surface area contributed by atoms with Gasteiger partial charge >= 0.3 is 5.69 Å². The Labute approximate surface area is 108 Å². The van der Waals surface area contributed by atoms with E-state index in [1.165, 1.54) is 0 Å². The van der Waals surface area contributed by atoms with Crippen LogP contribution in [0.2, 0.25) is 0 Å². The second-order valence-electron chi connectivity index (χ2n) is 3.61. The van der Waals surface area contributed by atoms with Gasteiger partial charge in [0.05, 0.1) is 12.7 Å². The summed E-state index contributed by atoms with van der Waals surface area (Å²) in [6, 6.07) is 0. The minimum atomic E-state index is -0.858. The third-order valence-electron chi connectivity index (χ3n) is 2.47. The Morgan fingerprint density at radius 2 is 2.29 bits per heavy atom. The number of H-pyrrole nitrogens is 1. The molecular weight excluding hydrogens is 345 g/mol. The van der Waals surface area contributed by atoms with E-state index in [2.05, 4.69) is 10.1 Å². The average molecular weight is 355 g/mol. The van der Waals surface area contributed by atoms with Gasteiger partial charge in [-0.1, -0.05) is 0 Å². The molecular formula is C8H10IN3O5. The molecule has 0 unspecified atom stereocenters. The fourth-order valence-electron chi connectivity index (χ4n) is 1.62. The van der Waals surface area contributed by atoms with Gasteiger partial charge in [-0.15, -0.1) is 0 Å². The molecule has 3 N–H and O–H groups in total. The summed E-state index contributed by atoms with van der Waals surface area (Å²) in [5.41, 5.74) is -1.27. The summed E-state index contributed by atoms with van der Waals surface area (Å²) in [6.45, 7) is -0.340. The number of rotatable bonds is 2. The normalized spacial score (nSPS) is 28.5. The second kappa shape index (κ2) is 4.84. The molecule has 2 rings (SSSR count). The fourth-order valence-corrected chi connectivity index (χ4v) is 1.98. The lowest BCUT2D eigenvalue weighted by atomic mass is 10.2. The third kappa shape index (κ3) is 2.41. The number of hydrogen-bond donors (Lipinski definition) is 3. The van der Waals surface area contributed by atoms with Gasteiger partial charge in [-0.3, -0.25) is 9.78 Å². The van der Waals surface area contributed by atoms with E-state index >= 15 is 0 Å². The smallest absolute Gasteiger partial charge is 0.347 e. The van der Waals surface area contributed by atoms with E-state index in [0.29, 0.717) is 0 Å². The molecule has 0 spiro atoms. The van der Waals surface area contributed by atoms with Crippen molar-refractivity contribution in [3.8, 4) is 0 Å². The zero-order chi connectivity index (χ0) is 12.6. The van der Waals surface area contributed by atoms with Crippen molar-refractivity contribution in [2.24, 2.45) is 0 Å². The second-order valence-corrected chi connectivity index (χ2v) is 4.63. The molecule has 8 nitrogen and oxygen atoms in total. The van der Waals surface area contributed by atoms with Crippen molar-refractivity contribution in [1.82, 2.24) is 14.8 Å².